The van der Waals surface area contributed by atoms with Gasteiger partial charge in [-0.15, -0.1) is 0 Å². The van der Waals surface area contributed by atoms with Crippen molar-refractivity contribution in [2.75, 3.05) is 20.2 Å². The molecule has 2 aromatic heterocycles. The third kappa shape index (κ3) is 2.70. The van der Waals surface area contributed by atoms with Gasteiger partial charge < -0.3 is 9.72 Å². The minimum atomic E-state index is 0.879. The third-order valence-corrected chi connectivity index (χ3v) is 4.64. The van der Waals surface area contributed by atoms with Crippen LogP contribution in [0.2, 0.25) is 0 Å². The molecule has 1 aromatic carbocycles. The number of rotatable bonds is 4. The smallest absolute Gasteiger partial charge is 0.138 e. The summed E-state index contributed by atoms with van der Waals surface area (Å²) in [6.45, 7) is 3.36. The summed E-state index contributed by atoms with van der Waals surface area (Å²) < 4.78 is 5.27. The van der Waals surface area contributed by atoms with Crippen LogP contribution in [0.5, 0.6) is 5.75 Å². The van der Waals surface area contributed by atoms with Crippen molar-refractivity contribution in [1.82, 2.24) is 14.9 Å². The van der Waals surface area contributed by atoms with Crippen LogP contribution >= 0.6 is 0 Å². The Kier molecular flexibility index (Phi) is 3.75. The number of nitrogens with zero attached hydrogens (tertiary/aromatic N) is 2. The van der Waals surface area contributed by atoms with Crippen LogP contribution < -0.4 is 4.74 Å². The number of aromatic nitrogens is 2. The highest BCUT2D eigenvalue weighted by molar-refractivity contribution is 5.88. The van der Waals surface area contributed by atoms with Gasteiger partial charge in [0.2, 0.25) is 0 Å². The number of fused-ring (bicyclic) bond motifs is 1. The SMILES string of the molecule is COc1ccc(-c2[nH]c3ncccc3c2CN2CCCC2)cc1. The molecule has 0 saturated carbocycles. The van der Waals surface area contributed by atoms with Gasteiger partial charge in [0.15, 0.2) is 0 Å². The van der Waals surface area contributed by atoms with Gasteiger partial charge in [-0.1, -0.05) is 0 Å². The lowest BCUT2D eigenvalue weighted by molar-refractivity contribution is 0.333. The number of methoxy groups -OCH3 is 1. The minimum absolute atomic E-state index is 0.879. The number of likely N-dealkylation sites (tertiary alicyclic amines) is 1. The van der Waals surface area contributed by atoms with Crippen molar-refractivity contribution in [3.8, 4) is 17.0 Å². The molecule has 3 aromatic rings. The lowest BCUT2D eigenvalue weighted by Crippen LogP contribution is -2.18. The fraction of sp³-hybridized carbons (Fsp3) is 0.316. The van der Waals surface area contributed by atoms with Gasteiger partial charge in [0.25, 0.3) is 0 Å². The maximum atomic E-state index is 5.27. The number of pyridine rings is 1. The summed E-state index contributed by atoms with van der Waals surface area (Å²) in [5.41, 5.74) is 4.67. The van der Waals surface area contributed by atoms with Crippen LogP contribution in [0.15, 0.2) is 42.6 Å². The number of ether oxygens (including phenoxy) is 1. The topological polar surface area (TPSA) is 41.1 Å². The Labute approximate surface area is 136 Å². The van der Waals surface area contributed by atoms with Gasteiger partial charge in [-0.25, -0.2) is 4.98 Å². The van der Waals surface area contributed by atoms with E-state index < -0.39 is 0 Å². The minimum Gasteiger partial charge on any atom is -0.497 e. The second-order valence-electron chi connectivity index (χ2n) is 6.09. The van der Waals surface area contributed by atoms with Crippen molar-refractivity contribution < 1.29 is 4.74 Å². The molecule has 1 N–H and O–H groups in total. The summed E-state index contributed by atoms with van der Waals surface area (Å²) >= 11 is 0. The Morgan fingerprint density at radius 3 is 2.65 bits per heavy atom. The number of H-pyrrole nitrogens is 1. The van der Waals surface area contributed by atoms with Crippen molar-refractivity contribution in [3.63, 3.8) is 0 Å². The highest BCUT2D eigenvalue weighted by Crippen LogP contribution is 2.32. The molecule has 118 valence electrons. The van der Waals surface area contributed by atoms with E-state index in [1.165, 1.54) is 48.1 Å². The molecule has 4 nitrogen and oxygen atoms in total. The first-order valence-corrected chi connectivity index (χ1v) is 8.17. The van der Waals surface area contributed by atoms with Crippen LogP contribution in [0.3, 0.4) is 0 Å². The number of aromatic amines is 1. The Morgan fingerprint density at radius 1 is 1.13 bits per heavy atom. The first-order valence-electron chi connectivity index (χ1n) is 8.17. The first-order chi connectivity index (χ1) is 11.3. The molecule has 0 radical (unpaired) electrons. The number of hydrogen-bond acceptors (Lipinski definition) is 3. The second kappa shape index (κ2) is 6.05. The molecule has 4 rings (SSSR count). The van der Waals surface area contributed by atoms with E-state index in [4.69, 9.17) is 4.74 Å². The van der Waals surface area contributed by atoms with Gasteiger partial charge in [0, 0.05) is 23.7 Å². The van der Waals surface area contributed by atoms with Gasteiger partial charge in [-0.2, -0.15) is 0 Å². The van der Waals surface area contributed by atoms with Crippen LogP contribution in [0, 0.1) is 0 Å². The van der Waals surface area contributed by atoms with Crippen molar-refractivity contribution >= 4 is 11.0 Å². The zero-order valence-corrected chi connectivity index (χ0v) is 13.4. The van der Waals surface area contributed by atoms with Crippen LogP contribution in [0.1, 0.15) is 18.4 Å². The molecule has 3 heterocycles. The molecule has 0 bridgehead atoms. The Balaban J connectivity index is 1.79. The van der Waals surface area contributed by atoms with Gasteiger partial charge in [-0.05, 0) is 67.9 Å². The summed E-state index contributed by atoms with van der Waals surface area (Å²) in [5, 5.41) is 1.23. The van der Waals surface area contributed by atoms with E-state index in [0.717, 1.165) is 17.9 Å². The normalized spacial score (nSPS) is 15.3. The molecule has 1 aliphatic heterocycles. The monoisotopic (exact) mass is 307 g/mol. The summed E-state index contributed by atoms with van der Waals surface area (Å²) in [6, 6.07) is 12.4. The summed E-state index contributed by atoms with van der Waals surface area (Å²) in [6.07, 6.45) is 4.45. The lowest BCUT2D eigenvalue weighted by atomic mass is 10.1. The molecule has 4 heteroatoms. The fourth-order valence-electron chi connectivity index (χ4n) is 3.41. The Hall–Kier alpha value is -2.33. The Morgan fingerprint density at radius 2 is 1.91 bits per heavy atom. The molecule has 0 aliphatic carbocycles. The van der Waals surface area contributed by atoms with Crippen LogP contribution in [0.4, 0.5) is 0 Å². The van der Waals surface area contributed by atoms with E-state index in [1.54, 1.807) is 7.11 Å². The van der Waals surface area contributed by atoms with E-state index in [-0.39, 0.29) is 0 Å². The molecule has 0 spiro atoms. The standard InChI is InChI=1S/C19H21N3O/c1-23-15-8-6-14(7-9-15)18-17(13-22-11-2-3-12-22)16-5-4-10-20-19(16)21-18/h4-10H,2-3,11-13H2,1H3,(H,20,21). The number of benzene rings is 1. The largest absolute Gasteiger partial charge is 0.497 e. The highest BCUT2D eigenvalue weighted by Gasteiger charge is 2.19. The molecular weight excluding hydrogens is 286 g/mol. The summed E-state index contributed by atoms with van der Waals surface area (Å²) in [7, 11) is 1.70. The van der Waals surface area contributed by atoms with Gasteiger partial charge >= 0.3 is 0 Å². The number of hydrogen-bond donors (Lipinski definition) is 1. The molecule has 23 heavy (non-hydrogen) atoms. The van der Waals surface area contributed by atoms with E-state index in [0.29, 0.717) is 0 Å². The van der Waals surface area contributed by atoms with Gasteiger partial charge in [0.05, 0.1) is 12.8 Å². The Bertz CT molecular complexity index is 801. The second-order valence-corrected chi connectivity index (χ2v) is 6.09. The lowest BCUT2D eigenvalue weighted by Gasteiger charge is -2.15. The summed E-state index contributed by atoms with van der Waals surface area (Å²) in [4.78, 5) is 10.5. The molecule has 1 saturated heterocycles. The van der Waals surface area contributed by atoms with Gasteiger partial charge in [-0.3, -0.25) is 4.90 Å². The van der Waals surface area contributed by atoms with E-state index in [9.17, 15) is 0 Å². The van der Waals surface area contributed by atoms with Crippen molar-refractivity contribution in [3.05, 3.63) is 48.2 Å². The van der Waals surface area contributed by atoms with Crippen LogP contribution in [0.25, 0.3) is 22.3 Å². The molecule has 1 fully saturated rings. The van der Waals surface area contributed by atoms with E-state index >= 15 is 0 Å². The van der Waals surface area contributed by atoms with Crippen LogP contribution in [-0.2, 0) is 6.54 Å². The van der Waals surface area contributed by atoms with Gasteiger partial charge in [0.1, 0.15) is 11.4 Å². The quantitative estimate of drug-likeness (QED) is 0.796. The molecule has 0 atom stereocenters. The first kappa shape index (κ1) is 14.3. The molecule has 1 aliphatic rings. The van der Waals surface area contributed by atoms with E-state index in [2.05, 4.69) is 33.1 Å². The van der Waals surface area contributed by atoms with Crippen molar-refractivity contribution in [2.24, 2.45) is 0 Å². The molecule has 0 amide bonds. The molecular formula is C19H21N3O. The average molecular weight is 307 g/mol. The predicted molar refractivity (Wildman–Crippen MR) is 92.6 cm³/mol. The van der Waals surface area contributed by atoms with E-state index in [1.807, 2.05) is 24.4 Å². The summed E-state index contributed by atoms with van der Waals surface area (Å²) in [5.74, 6) is 0.879. The van der Waals surface area contributed by atoms with Crippen LogP contribution in [-0.4, -0.2) is 35.1 Å². The molecule has 0 unspecified atom stereocenters. The predicted octanol–water partition coefficient (Wildman–Crippen LogP) is 3.83. The maximum Gasteiger partial charge on any atom is 0.138 e. The zero-order valence-electron chi connectivity index (χ0n) is 13.4. The third-order valence-electron chi connectivity index (χ3n) is 4.64. The zero-order chi connectivity index (χ0) is 15.6. The maximum absolute atomic E-state index is 5.27. The average Bonchev–Trinajstić information content (AvgIpc) is 3.24. The number of nitrogens with one attached hydrogen (secondary N) is 1. The van der Waals surface area contributed by atoms with Crippen molar-refractivity contribution in [2.45, 2.75) is 19.4 Å². The highest BCUT2D eigenvalue weighted by atomic mass is 16.5. The van der Waals surface area contributed by atoms with Crippen molar-refractivity contribution in [1.29, 1.82) is 0 Å². The fourth-order valence-corrected chi connectivity index (χ4v) is 3.41.